The molecule has 1 aliphatic heterocycles. The first-order chi connectivity index (χ1) is 10.6. The van der Waals surface area contributed by atoms with Gasteiger partial charge < -0.3 is 9.64 Å². The van der Waals surface area contributed by atoms with Crippen molar-refractivity contribution in [3.63, 3.8) is 0 Å². The monoisotopic (exact) mass is 316 g/mol. The van der Waals surface area contributed by atoms with Crippen molar-refractivity contribution in [2.24, 2.45) is 0 Å². The maximum Gasteiger partial charge on any atom is 0.254 e. The third kappa shape index (κ3) is 3.13. The Labute approximate surface area is 134 Å². The standard InChI is InChI=1S/C17H17ClN2O2/c1-12-11-22-16(14-3-2-4-15(18)9-14)10-20(12)17(21)13-5-7-19-8-6-13/h2-9,12,16H,10-11H2,1H3/t12-,16+/m1/s1. The van der Waals surface area contributed by atoms with Crippen LogP contribution in [0.1, 0.15) is 28.9 Å². The van der Waals surface area contributed by atoms with Crippen LogP contribution < -0.4 is 0 Å². The highest BCUT2D eigenvalue weighted by atomic mass is 35.5. The van der Waals surface area contributed by atoms with Crippen LogP contribution in [0.15, 0.2) is 48.8 Å². The van der Waals surface area contributed by atoms with Crippen LogP contribution >= 0.6 is 11.6 Å². The van der Waals surface area contributed by atoms with Crippen molar-refractivity contribution in [1.29, 1.82) is 0 Å². The molecule has 0 unspecified atom stereocenters. The lowest BCUT2D eigenvalue weighted by atomic mass is 10.1. The van der Waals surface area contributed by atoms with E-state index in [1.165, 1.54) is 0 Å². The van der Waals surface area contributed by atoms with Gasteiger partial charge in [0.1, 0.15) is 6.10 Å². The Hall–Kier alpha value is -1.91. The molecular formula is C17H17ClN2O2. The molecule has 0 aliphatic carbocycles. The van der Waals surface area contributed by atoms with Crippen molar-refractivity contribution in [3.8, 4) is 0 Å². The van der Waals surface area contributed by atoms with Crippen molar-refractivity contribution in [3.05, 3.63) is 64.9 Å². The number of carbonyl (C=O) groups excluding carboxylic acids is 1. The number of rotatable bonds is 2. The molecule has 1 aliphatic rings. The molecule has 1 aromatic heterocycles. The van der Waals surface area contributed by atoms with Gasteiger partial charge in [0.25, 0.3) is 5.91 Å². The van der Waals surface area contributed by atoms with Gasteiger partial charge >= 0.3 is 0 Å². The molecule has 1 amide bonds. The lowest BCUT2D eigenvalue weighted by Crippen LogP contribution is -2.48. The maximum absolute atomic E-state index is 12.7. The molecule has 5 heteroatoms. The van der Waals surface area contributed by atoms with E-state index in [4.69, 9.17) is 16.3 Å². The molecule has 1 saturated heterocycles. The van der Waals surface area contributed by atoms with Gasteiger partial charge in [0.05, 0.1) is 19.2 Å². The second-order valence-corrected chi connectivity index (χ2v) is 5.86. The number of pyridine rings is 1. The zero-order valence-corrected chi connectivity index (χ0v) is 13.0. The number of aromatic nitrogens is 1. The molecule has 2 atom stereocenters. The fourth-order valence-electron chi connectivity index (χ4n) is 2.61. The minimum absolute atomic E-state index is 0.00484. The summed E-state index contributed by atoms with van der Waals surface area (Å²) in [7, 11) is 0. The summed E-state index contributed by atoms with van der Waals surface area (Å²) in [5.41, 5.74) is 1.64. The van der Waals surface area contributed by atoms with Crippen molar-refractivity contribution >= 4 is 17.5 Å². The topological polar surface area (TPSA) is 42.4 Å². The van der Waals surface area contributed by atoms with E-state index in [1.54, 1.807) is 24.5 Å². The molecule has 114 valence electrons. The van der Waals surface area contributed by atoms with E-state index in [2.05, 4.69) is 4.98 Å². The molecule has 0 bridgehead atoms. The third-order valence-corrected chi connectivity index (χ3v) is 4.08. The number of hydrogen-bond donors (Lipinski definition) is 0. The van der Waals surface area contributed by atoms with Crippen molar-refractivity contribution < 1.29 is 9.53 Å². The van der Waals surface area contributed by atoms with E-state index >= 15 is 0 Å². The zero-order chi connectivity index (χ0) is 15.5. The maximum atomic E-state index is 12.7. The average molecular weight is 317 g/mol. The number of hydrogen-bond acceptors (Lipinski definition) is 3. The van der Waals surface area contributed by atoms with Gasteiger partial charge in [-0.25, -0.2) is 0 Å². The Morgan fingerprint density at radius 1 is 1.32 bits per heavy atom. The summed E-state index contributed by atoms with van der Waals surface area (Å²) in [6.07, 6.45) is 3.11. The Morgan fingerprint density at radius 2 is 2.09 bits per heavy atom. The lowest BCUT2D eigenvalue weighted by Gasteiger charge is -2.38. The van der Waals surface area contributed by atoms with Gasteiger partial charge in [-0.05, 0) is 36.8 Å². The summed E-state index contributed by atoms with van der Waals surface area (Å²) < 4.78 is 5.88. The number of morpholine rings is 1. The number of benzene rings is 1. The molecule has 2 aromatic rings. The number of halogens is 1. The molecule has 0 N–H and O–H groups in total. The quantitative estimate of drug-likeness (QED) is 0.853. The molecule has 3 rings (SSSR count). The van der Waals surface area contributed by atoms with E-state index < -0.39 is 0 Å². The van der Waals surface area contributed by atoms with E-state index in [1.807, 2.05) is 36.1 Å². The Kier molecular flexibility index (Phi) is 4.41. The number of carbonyl (C=O) groups is 1. The van der Waals surface area contributed by atoms with Crippen LogP contribution in [0.3, 0.4) is 0 Å². The van der Waals surface area contributed by atoms with Crippen molar-refractivity contribution in [1.82, 2.24) is 9.88 Å². The van der Waals surface area contributed by atoms with E-state index in [-0.39, 0.29) is 18.1 Å². The van der Waals surface area contributed by atoms with Gasteiger partial charge in [-0.1, -0.05) is 23.7 Å². The van der Waals surface area contributed by atoms with Gasteiger partial charge in [-0.2, -0.15) is 0 Å². The summed E-state index contributed by atoms with van der Waals surface area (Å²) in [5.74, 6) is 0.00484. The van der Waals surface area contributed by atoms with E-state index in [0.29, 0.717) is 23.7 Å². The minimum Gasteiger partial charge on any atom is -0.370 e. The van der Waals surface area contributed by atoms with Crippen molar-refractivity contribution in [2.45, 2.75) is 19.1 Å². The van der Waals surface area contributed by atoms with Crippen LogP contribution in [0.5, 0.6) is 0 Å². The normalized spacial score (nSPS) is 21.6. The number of ether oxygens (including phenoxy) is 1. The SMILES string of the molecule is C[C@@H]1CO[C@H](c2cccc(Cl)c2)CN1C(=O)c1ccncc1. The highest BCUT2D eigenvalue weighted by molar-refractivity contribution is 6.30. The summed E-state index contributed by atoms with van der Waals surface area (Å²) in [5, 5.41) is 0.673. The molecule has 0 spiro atoms. The van der Waals surface area contributed by atoms with Gasteiger partial charge in [0.15, 0.2) is 0 Å². The molecular weight excluding hydrogens is 300 g/mol. The highest BCUT2D eigenvalue weighted by Gasteiger charge is 2.31. The first kappa shape index (κ1) is 15.0. The Balaban J connectivity index is 1.81. The van der Waals surface area contributed by atoms with Crippen LogP contribution in [0.25, 0.3) is 0 Å². The fraction of sp³-hybridized carbons (Fsp3) is 0.294. The van der Waals surface area contributed by atoms with Crippen LogP contribution in [0.4, 0.5) is 0 Å². The molecule has 1 aromatic carbocycles. The fourth-order valence-corrected chi connectivity index (χ4v) is 2.81. The lowest BCUT2D eigenvalue weighted by molar-refractivity contribution is -0.0486. The predicted molar refractivity (Wildman–Crippen MR) is 84.9 cm³/mol. The summed E-state index contributed by atoms with van der Waals surface area (Å²) in [6.45, 7) is 3.02. The number of amides is 1. The first-order valence-electron chi connectivity index (χ1n) is 7.23. The summed E-state index contributed by atoms with van der Waals surface area (Å²) >= 11 is 6.04. The van der Waals surface area contributed by atoms with Gasteiger partial charge in [0.2, 0.25) is 0 Å². The molecule has 22 heavy (non-hydrogen) atoms. The van der Waals surface area contributed by atoms with Crippen LogP contribution in [0.2, 0.25) is 5.02 Å². The second-order valence-electron chi connectivity index (χ2n) is 5.42. The van der Waals surface area contributed by atoms with Gasteiger partial charge in [-0.15, -0.1) is 0 Å². The van der Waals surface area contributed by atoms with Crippen molar-refractivity contribution in [2.75, 3.05) is 13.2 Å². The van der Waals surface area contributed by atoms with Crippen LogP contribution in [-0.4, -0.2) is 35.0 Å². The molecule has 2 heterocycles. The van der Waals surface area contributed by atoms with Gasteiger partial charge in [0, 0.05) is 23.0 Å². The molecule has 0 radical (unpaired) electrons. The van der Waals surface area contributed by atoms with E-state index in [9.17, 15) is 4.79 Å². The molecule has 0 saturated carbocycles. The van der Waals surface area contributed by atoms with Crippen LogP contribution in [0, 0.1) is 0 Å². The number of nitrogens with zero attached hydrogens (tertiary/aromatic N) is 2. The van der Waals surface area contributed by atoms with Crippen LogP contribution in [-0.2, 0) is 4.74 Å². The minimum atomic E-state index is -0.152. The third-order valence-electron chi connectivity index (χ3n) is 3.84. The van der Waals surface area contributed by atoms with Gasteiger partial charge in [-0.3, -0.25) is 9.78 Å². The summed E-state index contributed by atoms with van der Waals surface area (Å²) in [6, 6.07) is 11.1. The Morgan fingerprint density at radius 3 is 2.82 bits per heavy atom. The smallest absolute Gasteiger partial charge is 0.254 e. The molecule has 4 nitrogen and oxygen atoms in total. The predicted octanol–water partition coefficient (Wildman–Crippen LogP) is 3.34. The largest absolute Gasteiger partial charge is 0.370 e. The second kappa shape index (κ2) is 6.46. The highest BCUT2D eigenvalue weighted by Crippen LogP contribution is 2.27. The zero-order valence-electron chi connectivity index (χ0n) is 12.3. The first-order valence-corrected chi connectivity index (χ1v) is 7.61. The molecule has 1 fully saturated rings. The Bertz CT molecular complexity index is 663. The van der Waals surface area contributed by atoms with E-state index in [0.717, 1.165) is 5.56 Å². The average Bonchev–Trinajstić information content (AvgIpc) is 2.55. The summed E-state index contributed by atoms with van der Waals surface area (Å²) in [4.78, 5) is 18.5.